The van der Waals surface area contributed by atoms with Crippen LogP contribution in [0.1, 0.15) is 11.1 Å². The monoisotopic (exact) mass is 233 g/mol. The first-order valence-corrected chi connectivity index (χ1v) is 5.98. The van der Waals surface area contributed by atoms with Crippen LogP contribution >= 0.6 is 0 Å². The summed E-state index contributed by atoms with van der Waals surface area (Å²) in [5.74, 6) is 0. The van der Waals surface area contributed by atoms with Gasteiger partial charge in [0.25, 0.3) is 0 Å². The SMILES string of the molecule is Cc1cc(CN)ccc1N1CCN(C=O)CC1. The Balaban J connectivity index is 2.10. The smallest absolute Gasteiger partial charge is 0.209 e. The second-order valence-electron chi connectivity index (χ2n) is 4.45. The lowest BCUT2D eigenvalue weighted by atomic mass is 10.1. The fourth-order valence-electron chi connectivity index (χ4n) is 2.27. The summed E-state index contributed by atoms with van der Waals surface area (Å²) in [6.07, 6.45) is 0.932. The fourth-order valence-corrected chi connectivity index (χ4v) is 2.27. The van der Waals surface area contributed by atoms with Crippen LogP contribution in [0.15, 0.2) is 18.2 Å². The summed E-state index contributed by atoms with van der Waals surface area (Å²) < 4.78 is 0. The number of benzene rings is 1. The molecule has 0 saturated carbocycles. The number of carbonyl (C=O) groups is 1. The third kappa shape index (κ3) is 2.58. The Kier molecular flexibility index (Phi) is 3.64. The van der Waals surface area contributed by atoms with E-state index in [2.05, 4.69) is 30.0 Å². The minimum atomic E-state index is 0.583. The standard InChI is InChI=1S/C13H19N3O/c1-11-8-12(9-14)2-3-13(11)16-6-4-15(10-17)5-7-16/h2-3,8,10H,4-7,9,14H2,1H3. The van der Waals surface area contributed by atoms with E-state index in [0.29, 0.717) is 6.54 Å². The van der Waals surface area contributed by atoms with Gasteiger partial charge >= 0.3 is 0 Å². The zero-order valence-electron chi connectivity index (χ0n) is 10.2. The molecule has 0 atom stereocenters. The van der Waals surface area contributed by atoms with Crippen LogP contribution in [0.5, 0.6) is 0 Å². The number of aryl methyl sites for hydroxylation is 1. The number of rotatable bonds is 3. The van der Waals surface area contributed by atoms with Crippen LogP contribution in [0.3, 0.4) is 0 Å². The molecular weight excluding hydrogens is 214 g/mol. The second-order valence-corrected chi connectivity index (χ2v) is 4.45. The molecule has 1 aromatic rings. The predicted molar refractivity (Wildman–Crippen MR) is 68.9 cm³/mol. The highest BCUT2D eigenvalue weighted by Gasteiger charge is 2.16. The Bertz CT molecular complexity index is 398. The first-order chi connectivity index (χ1) is 8.24. The van der Waals surface area contributed by atoms with Crippen molar-refractivity contribution < 1.29 is 4.79 Å². The minimum absolute atomic E-state index is 0.583. The van der Waals surface area contributed by atoms with E-state index in [1.807, 2.05) is 4.90 Å². The van der Waals surface area contributed by atoms with Gasteiger partial charge in [0.2, 0.25) is 6.41 Å². The molecule has 1 heterocycles. The summed E-state index contributed by atoms with van der Waals surface area (Å²) in [5, 5.41) is 0. The van der Waals surface area contributed by atoms with Crippen molar-refractivity contribution >= 4 is 12.1 Å². The molecule has 1 amide bonds. The highest BCUT2D eigenvalue weighted by Crippen LogP contribution is 2.22. The molecule has 0 unspecified atom stereocenters. The van der Waals surface area contributed by atoms with Crippen LogP contribution < -0.4 is 10.6 Å². The number of nitrogens with two attached hydrogens (primary N) is 1. The normalized spacial score (nSPS) is 16.1. The Labute approximate surface area is 102 Å². The number of hydrogen-bond donors (Lipinski definition) is 1. The summed E-state index contributed by atoms with van der Waals surface area (Å²) in [4.78, 5) is 14.8. The third-order valence-corrected chi connectivity index (χ3v) is 3.30. The Hall–Kier alpha value is -1.55. The summed E-state index contributed by atoms with van der Waals surface area (Å²) in [6.45, 7) is 6.12. The van der Waals surface area contributed by atoms with Crippen molar-refractivity contribution in [3.05, 3.63) is 29.3 Å². The van der Waals surface area contributed by atoms with Gasteiger partial charge in [0.1, 0.15) is 0 Å². The van der Waals surface area contributed by atoms with Crippen molar-refractivity contribution in [1.82, 2.24) is 4.90 Å². The van der Waals surface area contributed by atoms with Crippen LogP contribution in [-0.2, 0) is 11.3 Å². The number of amides is 1. The molecule has 1 saturated heterocycles. The fraction of sp³-hybridized carbons (Fsp3) is 0.462. The van der Waals surface area contributed by atoms with E-state index in [1.165, 1.54) is 11.3 Å². The van der Waals surface area contributed by atoms with E-state index < -0.39 is 0 Å². The first kappa shape index (κ1) is 11.9. The Morgan fingerprint density at radius 1 is 1.29 bits per heavy atom. The van der Waals surface area contributed by atoms with E-state index in [9.17, 15) is 4.79 Å². The van der Waals surface area contributed by atoms with Gasteiger partial charge in [-0.1, -0.05) is 12.1 Å². The highest BCUT2D eigenvalue weighted by molar-refractivity contribution is 5.56. The molecule has 4 heteroatoms. The van der Waals surface area contributed by atoms with E-state index >= 15 is 0 Å². The lowest BCUT2D eigenvalue weighted by molar-refractivity contribution is -0.118. The van der Waals surface area contributed by atoms with Gasteiger partial charge in [-0.05, 0) is 24.1 Å². The molecule has 92 valence electrons. The Morgan fingerprint density at radius 3 is 2.53 bits per heavy atom. The molecule has 2 N–H and O–H groups in total. The molecule has 17 heavy (non-hydrogen) atoms. The summed E-state index contributed by atoms with van der Waals surface area (Å²) >= 11 is 0. The molecule has 0 aromatic heterocycles. The zero-order valence-corrected chi connectivity index (χ0v) is 10.2. The summed E-state index contributed by atoms with van der Waals surface area (Å²) in [5.41, 5.74) is 9.30. The molecule has 1 aliphatic rings. The topological polar surface area (TPSA) is 49.6 Å². The van der Waals surface area contributed by atoms with Gasteiger partial charge in [0, 0.05) is 38.4 Å². The molecule has 1 aromatic carbocycles. The molecule has 1 aliphatic heterocycles. The van der Waals surface area contributed by atoms with Gasteiger partial charge in [-0.25, -0.2) is 0 Å². The molecular formula is C13H19N3O. The van der Waals surface area contributed by atoms with Crippen LogP contribution in [-0.4, -0.2) is 37.5 Å². The lowest BCUT2D eigenvalue weighted by Gasteiger charge is -2.35. The zero-order chi connectivity index (χ0) is 12.3. The largest absolute Gasteiger partial charge is 0.368 e. The van der Waals surface area contributed by atoms with Crippen molar-refractivity contribution in [3.8, 4) is 0 Å². The van der Waals surface area contributed by atoms with Crippen LogP contribution in [0, 0.1) is 6.92 Å². The van der Waals surface area contributed by atoms with E-state index in [0.717, 1.165) is 38.2 Å². The van der Waals surface area contributed by atoms with Crippen molar-refractivity contribution in [2.75, 3.05) is 31.1 Å². The van der Waals surface area contributed by atoms with E-state index in [1.54, 1.807) is 0 Å². The number of carbonyl (C=O) groups excluding carboxylic acids is 1. The summed E-state index contributed by atoms with van der Waals surface area (Å²) in [7, 11) is 0. The second kappa shape index (κ2) is 5.19. The van der Waals surface area contributed by atoms with Gasteiger partial charge < -0.3 is 15.5 Å². The van der Waals surface area contributed by atoms with Crippen molar-refractivity contribution in [1.29, 1.82) is 0 Å². The predicted octanol–water partition coefficient (Wildman–Crippen LogP) is 0.732. The molecule has 4 nitrogen and oxygen atoms in total. The van der Waals surface area contributed by atoms with Crippen LogP contribution in [0.25, 0.3) is 0 Å². The molecule has 0 spiro atoms. The van der Waals surface area contributed by atoms with Gasteiger partial charge in [0.05, 0.1) is 0 Å². The lowest BCUT2D eigenvalue weighted by Crippen LogP contribution is -2.45. The number of piperazine rings is 1. The van der Waals surface area contributed by atoms with E-state index in [4.69, 9.17) is 5.73 Å². The van der Waals surface area contributed by atoms with Crippen LogP contribution in [0.4, 0.5) is 5.69 Å². The molecule has 2 rings (SSSR count). The highest BCUT2D eigenvalue weighted by atomic mass is 16.1. The molecule has 0 aliphatic carbocycles. The van der Waals surface area contributed by atoms with E-state index in [-0.39, 0.29) is 0 Å². The molecule has 1 fully saturated rings. The number of anilines is 1. The van der Waals surface area contributed by atoms with Gasteiger partial charge in [0.15, 0.2) is 0 Å². The van der Waals surface area contributed by atoms with Crippen LogP contribution in [0.2, 0.25) is 0 Å². The minimum Gasteiger partial charge on any atom is -0.368 e. The maximum atomic E-state index is 10.6. The van der Waals surface area contributed by atoms with Crippen molar-refractivity contribution in [2.45, 2.75) is 13.5 Å². The Morgan fingerprint density at radius 2 is 2.00 bits per heavy atom. The van der Waals surface area contributed by atoms with Crippen molar-refractivity contribution in [3.63, 3.8) is 0 Å². The first-order valence-electron chi connectivity index (χ1n) is 5.98. The molecule has 0 radical (unpaired) electrons. The summed E-state index contributed by atoms with van der Waals surface area (Å²) in [6, 6.07) is 6.35. The third-order valence-electron chi connectivity index (χ3n) is 3.30. The van der Waals surface area contributed by atoms with Gasteiger partial charge in [-0.15, -0.1) is 0 Å². The molecule has 0 bridgehead atoms. The maximum absolute atomic E-state index is 10.6. The number of nitrogens with zero attached hydrogens (tertiary/aromatic N) is 2. The number of hydrogen-bond acceptors (Lipinski definition) is 3. The average Bonchev–Trinajstić information content (AvgIpc) is 2.39. The van der Waals surface area contributed by atoms with Crippen molar-refractivity contribution in [2.24, 2.45) is 5.73 Å². The average molecular weight is 233 g/mol. The quantitative estimate of drug-likeness (QED) is 0.783. The van der Waals surface area contributed by atoms with Gasteiger partial charge in [-0.2, -0.15) is 0 Å². The maximum Gasteiger partial charge on any atom is 0.209 e. The van der Waals surface area contributed by atoms with Gasteiger partial charge in [-0.3, -0.25) is 4.79 Å².